The SMILES string of the molecule is Nc1ccc2c(O)c(N=Nc3ccc(Sc4nc5ccccc5s4)cc3)c(S(=O)(=O)O)cc2c1. The zero-order valence-electron chi connectivity index (χ0n) is 17.3. The first-order valence-electron chi connectivity index (χ1n) is 9.86. The summed E-state index contributed by atoms with van der Waals surface area (Å²) in [5.74, 6) is -0.420. The monoisotopic (exact) mass is 508 g/mol. The van der Waals surface area contributed by atoms with E-state index < -0.39 is 20.8 Å². The molecule has 0 aliphatic heterocycles. The molecule has 5 aromatic rings. The van der Waals surface area contributed by atoms with Crippen molar-refractivity contribution in [2.45, 2.75) is 14.1 Å². The van der Waals surface area contributed by atoms with Crippen LogP contribution in [0.5, 0.6) is 5.75 Å². The fourth-order valence-corrected chi connectivity index (χ4v) is 6.04. The average Bonchev–Trinajstić information content (AvgIpc) is 3.21. The fourth-order valence-electron chi connectivity index (χ4n) is 3.35. The lowest BCUT2D eigenvalue weighted by Gasteiger charge is -2.09. The molecule has 0 bridgehead atoms. The van der Waals surface area contributed by atoms with Crippen molar-refractivity contribution in [2.24, 2.45) is 10.2 Å². The van der Waals surface area contributed by atoms with Crippen molar-refractivity contribution < 1.29 is 18.1 Å². The van der Waals surface area contributed by atoms with E-state index in [0.717, 1.165) is 19.5 Å². The van der Waals surface area contributed by atoms with Gasteiger partial charge < -0.3 is 10.8 Å². The number of aromatic nitrogens is 1. The van der Waals surface area contributed by atoms with E-state index in [1.165, 1.54) is 23.9 Å². The summed E-state index contributed by atoms with van der Waals surface area (Å²) in [7, 11) is -4.68. The maximum Gasteiger partial charge on any atom is 0.296 e. The van der Waals surface area contributed by atoms with Crippen LogP contribution in [0.15, 0.2) is 97.2 Å². The number of rotatable bonds is 5. The summed E-state index contributed by atoms with van der Waals surface area (Å²) in [4.78, 5) is 4.99. The van der Waals surface area contributed by atoms with Crippen molar-refractivity contribution in [1.29, 1.82) is 0 Å². The van der Waals surface area contributed by atoms with Gasteiger partial charge in [-0.1, -0.05) is 23.9 Å². The van der Waals surface area contributed by atoms with E-state index in [9.17, 15) is 18.1 Å². The van der Waals surface area contributed by atoms with Crippen LogP contribution in [0, 0.1) is 0 Å². The molecule has 0 amide bonds. The first-order chi connectivity index (χ1) is 16.3. The minimum Gasteiger partial charge on any atom is -0.505 e. The summed E-state index contributed by atoms with van der Waals surface area (Å²) >= 11 is 3.12. The molecule has 0 aliphatic carbocycles. The Hall–Kier alpha value is -3.51. The van der Waals surface area contributed by atoms with Gasteiger partial charge in [0, 0.05) is 16.0 Å². The number of hydrogen-bond donors (Lipinski definition) is 3. The van der Waals surface area contributed by atoms with Gasteiger partial charge in [-0.3, -0.25) is 4.55 Å². The van der Waals surface area contributed by atoms with Crippen molar-refractivity contribution in [3.63, 3.8) is 0 Å². The maximum atomic E-state index is 11.9. The topological polar surface area (TPSA) is 138 Å². The van der Waals surface area contributed by atoms with E-state index in [4.69, 9.17) is 5.73 Å². The Kier molecular flexibility index (Phi) is 5.70. The number of benzene rings is 4. The zero-order chi connectivity index (χ0) is 23.9. The van der Waals surface area contributed by atoms with Crippen molar-refractivity contribution in [3.8, 4) is 5.75 Å². The number of fused-ring (bicyclic) bond motifs is 2. The van der Waals surface area contributed by atoms with E-state index >= 15 is 0 Å². The first-order valence-corrected chi connectivity index (χ1v) is 12.9. The molecule has 0 aliphatic rings. The number of aromatic hydroxyl groups is 1. The second-order valence-corrected chi connectivity index (χ2v) is 11.0. The molecule has 0 saturated carbocycles. The van der Waals surface area contributed by atoms with Gasteiger partial charge in [-0.05, 0) is 66.0 Å². The number of nitrogens with two attached hydrogens (primary N) is 1. The molecular weight excluding hydrogens is 492 g/mol. The molecular formula is C23H16N4O4S3. The van der Waals surface area contributed by atoms with Crippen LogP contribution in [0.1, 0.15) is 0 Å². The summed E-state index contributed by atoms with van der Waals surface area (Å²) in [5.41, 5.74) is 7.16. The maximum absolute atomic E-state index is 11.9. The van der Waals surface area contributed by atoms with Gasteiger partial charge >= 0.3 is 0 Å². The zero-order valence-corrected chi connectivity index (χ0v) is 19.7. The molecule has 4 aromatic carbocycles. The summed E-state index contributed by atoms with van der Waals surface area (Å²) < 4.78 is 35.6. The summed E-state index contributed by atoms with van der Waals surface area (Å²) in [6.07, 6.45) is 0. The molecule has 0 spiro atoms. The van der Waals surface area contributed by atoms with Gasteiger partial charge in [0.05, 0.1) is 15.9 Å². The summed E-state index contributed by atoms with van der Waals surface area (Å²) in [5, 5.41) is 19.3. The summed E-state index contributed by atoms with van der Waals surface area (Å²) in [6, 6.07) is 20.8. The van der Waals surface area contributed by atoms with Crippen LogP contribution in [0.25, 0.3) is 21.0 Å². The molecule has 5 rings (SSSR count). The number of anilines is 1. The highest BCUT2D eigenvalue weighted by molar-refractivity contribution is 8.01. The van der Waals surface area contributed by atoms with E-state index in [0.29, 0.717) is 22.1 Å². The minimum absolute atomic E-state index is 0.332. The third-order valence-electron chi connectivity index (χ3n) is 4.93. The molecule has 0 fully saturated rings. The second-order valence-electron chi connectivity index (χ2n) is 7.27. The molecule has 0 saturated heterocycles. The smallest absolute Gasteiger partial charge is 0.296 e. The van der Waals surface area contributed by atoms with Gasteiger partial charge in [-0.25, -0.2) is 4.98 Å². The molecule has 34 heavy (non-hydrogen) atoms. The molecule has 11 heteroatoms. The lowest BCUT2D eigenvalue weighted by Crippen LogP contribution is -1.99. The quantitative estimate of drug-likeness (QED) is 0.139. The molecule has 0 atom stereocenters. The van der Waals surface area contributed by atoms with Gasteiger partial charge in [0.15, 0.2) is 10.1 Å². The molecule has 1 heterocycles. The molecule has 0 radical (unpaired) electrons. The number of nitrogens with zero attached hydrogens (tertiary/aromatic N) is 3. The number of thiazole rings is 1. The van der Waals surface area contributed by atoms with Crippen LogP contribution in [0.4, 0.5) is 17.1 Å². The first kappa shape index (κ1) is 22.3. The van der Waals surface area contributed by atoms with E-state index in [1.54, 1.807) is 35.6 Å². The average molecular weight is 509 g/mol. The molecule has 1 aromatic heterocycles. The lowest BCUT2D eigenvalue weighted by atomic mass is 10.1. The Morgan fingerprint density at radius 3 is 2.47 bits per heavy atom. The number of azo groups is 1. The Morgan fingerprint density at radius 1 is 0.971 bits per heavy atom. The van der Waals surface area contributed by atoms with Gasteiger partial charge in [0.2, 0.25) is 0 Å². The van der Waals surface area contributed by atoms with Crippen molar-refractivity contribution in [1.82, 2.24) is 4.98 Å². The predicted octanol–water partition coefficient (Wildman–Crippen LogP) is 6.55. The predicted molar refractivity (Wildman–Crippen MR) is 134 cm³/mol. The number of hydrogen-bond acceptors (Lipinski definition) is 9. The third kappa shape index (κ3) is 4.46. The van der Waals surface area contributed by atoms with Crippen molar-refractivity contribution in [3.05, 3.63) is 72.8 Å². The number of phenolic OH excluding ortho intramolecular Hbond substituents is 1. The standard InChI is InChI=1S/C23H16N4O4S3/c24-14-5-10-17-13(11-14)12-20(34(29,30)31)21(22(17)28)27-26-15-6-8-16(9-7-15)32-23-25-18-3-1-2-4-19(18)33-23/h1-12,28H,24H2,(H,29,30,31). The normalized spacial score (nSPS) is 12.1. The molecule has 170 valence electrons. The van der Waals surface area contributed by atoms with Gasteiger partial charge in [0.1, 0.15) is 10.6 Å². The van der Waals surface area contributed by atoms with Crippen LogP contribution in [-0.2, 0) is 10.1 Å². The van der Waals surface area contributed by atoms with Gasteiger partial charge in [0.25, 0.3) is 10.1 Å². The van der Waals surface area contributed by atoms with Crippen LogP contribution >= 0.6 is 23.1 Å². The van der Waals surface area contributed by atoms with E-state index in [1.807, 2.05) is 36.4 Å². The number of para-hydroxylation sites is 1. The lowest BCUT2D eigenvalue weighted by molar-refractivity contribution is 0.472. The van der Waals surface area contributed by atoms with E-state index in [-0.39, 0.29) is 5.69 Å². The highest BCUT2D eigenvalue weighted by Crippen LogP contribution is 2.42. The Balaban J connectivity index is 1.45. The Morgan fingerprint density at radius 2 is 1.74 bits per heavy atom. The molecule has 8 nitrogen and oxygen atoms in total. The van der Waals surface area contributed by atoms with Gasteiger partial charge in [-0.15, -0.1) is 16.5 Å². The fraction of sp³-hybridized carbons (Fsp3) is 0. The van der Waals surface area contributed by atoms with Crippen molar-refractivity contribution in [2.75, 3.05) is 5.73 Å². The highest BCUT2D eigenvalue weighted by Gasteiger charge is 2.22. The number of phenols is 1. The van der Waals surface area contributed by atoms with Crippen molar-refractivity contribution >= 4 is 71.3 Å². The van der Waals surface area contributed by atoms with Crippen LogP contribution < -0.4 is 5.73 Å². The molecule has 4 N–H and O–H groups in total. The summed E-state index contributed by atoms with van der Waals surface area (Å²) in [6.45, 7) is 0. The number of nitrogen functional groups attached to an aromatic ring is 1. The van der Waals surface area contributed by atoms with E-state index in [2.05, 4.69) is 15.2 Å². The van der Waals surface area contributed by atoms with Crippen LogP contribution in [0.3, 0.4) is 0 Å². The largest absolute Gasteiger partial charge is 0.505 e. The third-order valence-corrected chi connectivity index (χ3v) is 7.91. The Bertz CT molecular complexity index is 1650. The molecule has 0 unspecified atom stereocenters. The minimum atomic E-state index is -4.68. The van der Waals surface area contributed by atoms with Crippen LogP contribution in [0.2, 0.25) is 0 Å². The van der Waals surface area contributed by atoms with Gasteiger partial charge in [-0.2, -0.15) is 13.5 Å². The second kappa shape index (κ2) is 8.69. The highest BCUT2D eigenvalue weighted by atomic mass is 32.2. The van der Waals surface area contributed by atoms with Crippen LogP contribution in [-0.4, -0.2) is 23.1 Å². The Labute approximate surface area is 202 Å².